The Labute approximate surface area is 225 Å². The van der Waals surface area contributed by atoms with Gasteiger partial charge in [-0.25, -0.2) is 13.2 Å². The van der Waals surface area contributed by atoms with Gasteiger partial charge in [0.2, 0.25) is 0 Å². The molecule has 0 saturated carbocycles. The number of likely N-dealkylation sites (tertiary alicyclic amines) is 1. The highest BCUT2D eigenvalue weighted by Gasteiger charge is 2.26. The van der Waals surface area contributed by atoms with Crippen LogP contribution >= 0.6 is 0 Å². The number of carboxylic acid groups (broad SMARTS) is 1. The Kier molecular flexibility index (Phi) is 8.17. The Morgan fingerprint density at radius 1 is 0.974 bits per heavy atom. The fraction of sp³-hybridized carbons (Fsp3) is 0.344. The number of alkyl halides is 3. The molecule has 0 N–H and O–H groups in total. The van der Waals surface area contributed by atoms with Crippen molar-refractivity contribution in [2.45, 2.75) is 38.5 Å². The van der Waals surface area contributed by atoms with Crippen LogP contribution in [-0.2, 0) is 12.8 Å². The second-order valence-corrected chi connectivity index (χ2v) is 10.5. The molecule has 0 atom stereocenters. The number of allylic oxidation sites excluding steroid dienone is 1. The maximum absolute atomic E-state index is 14.5. The first-order valence-corrected chi connectivity index (χ1v) is 13.4. The standard InChI is InChI=1S/C32H31F4NO2/c33-11-2-12-37-18-21(19-37)13-20-5-7-22(8-6-20)30-28(25-15-26(31(35)36)17-27(34)16-25)4-1-3-23-14-24(32(38)39)9-10-29(23)30/h5-10,14-17,21,31H,1-4,11-13,18-19H2,(H,38,39)/p-1. The molecule has 0 bridgehead atoms. The topological polar surface area (TPSA) is 43.4 Å². The van der Waals surface area contributed by atoms with Crippen molar-refractivity contribution in [3.05, 3.63) is 105 Å². The smallest absolute Gasteiger partial charge is 0.263 e. The lowest BCUT2D eigenvalue weighted by Gasteiger charge is -2.39. The summed E-state index contributed by atoms with van der Waals surface area (Å²) < 4.78 is 54.0. The zero-order valence-corrected chi connectivity index (χ0v) is 21.6. The molecule has 3 nitrogen and oxygen atoms in total. The van der Waals surface area contributed by atoms with Crippen molar-refractivity contribution < 1.29 is 27.5 Å². The van der Waals surface area contributed by atoms with Gasteiger partial charge in [0.15, 0.2) is 0 Å². The molecule has 39 heavy (non-hydrogen) atoms. The predicted octanol–water partition coefficient (Wildman–Crippen LogP) is 6.26. The number of carboxylic acids is 1. The summed E-state index contributed by atoms with van der Waals surface area (Å²) >= 11 is 0. The van der Waals surface area contributed by atoms with Crippen LogP contribution in [0.2, 0.25) is 0 Å². The van der Waals surface area contributed by atoms with E-state index < -0.39 is 18.2 Å². The van der Waals surface area contributed by atoms with E-state index in [0.29, 0.717) is 37.2 Å². The summed E-state index contributed by atoms with van der Waals surface area (Å²) in [6.45, 7) is 2.40. The molecule has 5 rings (SSSR count). The van der Waals surface area contributed by atoms with E-state index in [2.05, 4.69) is 17.0 Å². The van der Waals surface area contributed by atoms with Crippen LogP contribution in [0, 0.1) is 11.7 Å². The molecule has 0 aromatic heterocycles. The van der Waals surface area contributed by atoms with E-state index in [1.807, 2.05) is 12.1 Å². The average Bonchev–Trinajstić information content (AvgIpc) is 3.09. The first kappa shape index (κ1) is 27.1. The summed E-state index contributed by atoms with van der Waals surface area (Å²) in [4.78, 5) is 13.8. The minimum atomic E-state index is -2.80. The molecule has 1 aliphatic carbocycles. The van der Waals surface area contributed by atoms with E-state index in [9.17, 15) is 27.5 Å². The molecular formula is C32H30F4NO2-. The van der Waals surface area contributed by atoms with E-state index in [0.717, 1.165) is 60.0 Å². The lowest BCUT2D eigenvalue weighted by Crippen LogP contribution is -2.47. The largest absolute Gasteiger partial charge is 0.545 e. The van der Waals surface area contributed by atoms with Crippen molar-refractivity contribution in [2.75, 3.05) is 26.3 Å². The number of rotatable bonds is 9. The Hall–Kier alpha value is -3.45. The van der Waals surface area contributed by atoms with Crippen LogP contribution in [0.1, 0.15) is 69.4 Å². The zero-order chi connectivity index (χ0) is 27.5. The summed E-state index contributed by atoms with van der Waals surface area (Å²) in [5.74, 6) is -1.46. The summed E-state index contributed by atoms with van der Waals surface area (Å²) in [5.41, 5.74) is 5.34. The van der Waals surface area contributed by atoms with Gasteiger partial charge in [0, 0.05) is 25.2 Å². The minimum absolute atomic E-state index is 0.0821. The summed E-state index contributed by atoms with van der Waals surface area (Å²) in [5, 5.41) is 11.5. The van der Waals surface area contributed by atoms with E-state index in [1.165, 1.54) is 23.8 Å². The van der Waals surface area contributed by atoms with Gasteiger partial charge in [0.05, 0.1) is 12.6 Å². The Balaban J connectivity index is 1.53. The highest BCUT2D eigenvalue weighted by molar-refractivity contribution is 6.00. The molecule has 3 aromatic rings. The molecule has 1 aliphatic heterocycles. The number of fused-ring (bicyclic) bond motifs is 1. The van der Waals surface area contributed by atoms with Gasteiger partial charge in [-0.05, 0) is 107 Å². The second kappa shape index (κ2) is 11.7. The average molecular weight is 537 g/mol. The van der Waals surface area contributed by atoms with Crippen molar-refractivity contribution in [2.24, 2.45) is 5.92 Å². The molecule has 1 saturated heterocycles. The van der Waals surface area contributed by atoms with Gasteiger partial charge in [0.25, 0.3) is 6.43 Å². The van der Waals surface area contributed by atoms with Crippen molar-refractivity contribution >= 4 is 17.1 Å². The molecule has 1 heterocycles. The first-order valence-electron chi connectivity index (χ1n) is 13.4. The SMILES string of the molecule is O=C([O-])c1ccc2c(c1)CCCC(c1cc(F)cc(C(F)F)c1)=C2c1ccc(CC2CN(CCCF)C2)cc1. The fourth-order valence-electron chi connectivity index (χ4n) is 5.86. The van der Waals surface area contributed by atoms with Crippen LogP contribution in [0.15, 0.2) is 60.7 Å². The van der Waals surface area contributed by atoms with Gasteiger partial charge < -0.3 is 14.8 Å². The first-order chi connectivity index (χ1) is 18.8. The number of carbonyl (C=O) groups excluding carboxylic acids is 1. The van der Waals surface area contributed by atoms with Gasteiger partial charge in [-0.1, -0.05) is 36.4 Å². The maximum Gasteiger partial charge on any atom is 0.263 e. The van der Waals surface area contributed by atoms with Gasteiger partial charge in [-0.3, -0.25) is 4.39 Å². The zero-order valence-electron chi connectivity index (χ0n) is 21.6. The molecule has 0 unspecified atom stereocenters. The third-order valence-electron chi connectivity index (χ3n) is 7.71. The molecule has 0 radical (unpaired) electrons. The second-order valence-electron chi connectivity index (χ2n) is 10.5. The Morgan fingerprint density at radius 2 is 1.74 bits per heavy atom. The molecule has 0 amide bonds. The molecular weight excluding hydrogens is 506 g/mol. The molecule has 1 fully saturated rings. The number of aryl methyl sites for hydroxylation is 1. The summed E-state index contributed by atoms with van der Waals surface area (Å²) in [6, 6.07) is 16.5. The van der Waals surface area contributed by atoms with E-state index >= 15 is 0 Å². The number of nitrogens with zero attached hydrogens (tertiary/aromatic N) is 1. The Morgan fingerprint density at radius 3 is 2.44 bits per heavy atom. The summed E-state index contributed by atoms with van der Waals surface area (Å²) in [7, 11) is 0. The van der Waals surface area contributed by atoms with Crippen LogP contribution < -0.4 is 5.11 Å². The lowest BCUT2D eigenvalue weighted by molar-refractivity contribution is -0.255. The van der Waals surface area contributed by atoms with Gasteiger partial charge in [-0.15, -0.1) is 0 Å². The monoisotopic (exact) mass is 536 g/mol. The number of benzene rings is 3. The number of aromatic carboxylic acids is 1. The lowest BCUT2D eigenvalue weighted by atomic mass is 9.86. The van der Waals surface area contributed by atoms with Gasteiger partial charge >= 0.3 is 0 Å². The minimum Gasteiger partial charge on any atom is -0.545 e. The molecule has 7 heteroatoms. The van der Waals surface area contributed by atoms with Crippen LogP contribution in [0.5, 0.6) is 0 Å². The molecule has 3 aromatic carbocycles. The van der Waals surface area contributed by atoms with Crippen molar-refractivity contribution in [3.63, 3.8) is 0 Å². The normalized spacial score (nSPS) is 16.2. The number of halogens is 4. The van der Waals surface area contributed by atoms with E-state index in [-0.39, 0.29) is 17.8 Å². The van der Waals surface area contributed by atoms with Crippen molar-refractivity contribution in [3.8, 4) is 0 Å². The van der Waals surface area contributed by atoms with Crippen LogP contribution in [0.4, 0.5) is 17.6 Å². The van der Waals surface area contributed by atoms with E-state index in [4.69, 9.17) is 0 Å². The highest BCUT2D eigenvalue weighted by Crippen LogP contribution is 2.41. The van der Waals surface area contributed by atoms with Crippen LogP contribution in [0.25, 0.3) is 11.1 Å². The third-order valence-corrected chi connectivity index (χ3v) is 7.71. The van der Waals surface area contributed by atoms with E-state index in [1.54, 1.807) is 12.1 Å². The van der Waals surface area contributed by atoms with Crippen LogP contribution in [0.3, 0.4) is 0 Å². The molecule has 204 valence electrons. The highest BCUT2D eigenvalue weighted by atomic mass is 19.3. The summed E-state index contributed by atoms with van der Waals surface area (Å²) in [6.07, 6.45) is 0.446. The van der Waals surface area contributed by atoms with Crippen molar-refractivity contribution in [1.82, 2.24) is 4.90 Å². The molecule has 2 aliphatic rings. The molecule has 0 spiro atoms. The number of hydrogen-bond donors (Lipinski definition) is 0. The third kappa shape index (κ3) is 6.09. The van der Waals surface area contributed by atoms with Gasteiger partial charge in [0.1, 0.15) is 5.82 Å². The predicted molar refractivity (Wildman–Crippen MR) is 142 cm³/mol. The van der Waals surface area contributed by atoms with Crippen LogP contribution in [-0.4, -0.2) is 37.2 Å². The maximum atomic E-state index is 14.5. The van der Waals surface area contributed by atoms with Crippen molar-refractivity contribution in [1.29, 1.82) is 0 Å². The van der Waals surface area contributed by atoms with Gasteiger partial charge in [-0.2, -0.15) is 0 Å². The fourth-order valence-corrected chi connectivity index (χ4v) is 5.86. The quantitative estimate of drug-likeness (QED) is 0.304. The Bertz CT molecular complexity index is 1380. The number of carbonyl (C=O) groups is 1. The number of hydrogen-bond acceptors (Lipinski definition) is 3.